The Morgan fingerprint density at radius 1 is 1.61 bits per heavy atom. The molecule has 3 N–H and O–H groups in total. The Bertz CT molecular complexity index is 467. The maximum absolute atomic E-state index is 11.7. The van der Waals surface area contributed by atoms with Crippen LogP contribution >= 0.6 is 11.3 Å². The summed E-state index contributed by atoms with van der Waals surface area (Å²) in [6, 6.07) is -0.586. The van der Waals surface area contributed by atoms with E-state index in [2.05, 4.69) is 15.6 Å². The van der Waals surface area contributed by atoms with Crippen LogP contribution in [0.4, 0.5) is 9.93 Å². The van der Waals surface area contributed by atoms with Gasteiger partial charge >= 0.3 is 12.0 Å². The van der Waals surface area contributed by atoms with E-state index in [4.69, 9.17) is 9.84 Å². The Morgan fingerprint density at radius 3 is 2.89 bits per heavy atom. The molecule has 0 radical (unpaired) electrons. The van der Waals surface area contributed by atoms with Crippen LogP contribution in [0.1, 0.15) is 12.1 Å². The van der Waals surface area contributed by atoms with Crippen LogP contribution in [0.5, 0.6) is 0 Å². The molecule has 18 heavy (non-hydrogen) atoms. The van der Waals surface area contributed by atoms with E-state index in [1.54, 1.807) is 5.38 Å². The van der Waals surface area contributed by atoms with Crippen LogP contribution in [0, 0.1) is 6.92 Å². The van der Waals surface area contributed by atoms with Crippen LogP contribution in [0.15, 0.2) is 5.38 Å². The average molecular weight is 271 g/mol. The van der Waals surface area contributed by atoms with Crippen molar-refractivity contribution in [3.05, 3.63) is 11.1 Å². The fourth-order valence-corrected chi connectivity index (χ4v) is 2.33. The van der Waals surface area contributed by atoms with Crippen molar-refractivity contribution in [2.45, 2.75) is 18.9 Å². The summed E-state index contributed by atoms with van der Waals surface area (Å²) in [6.07, 6.45) is 0.257. The fourth-order valence-electron chi connectivity index (χ4n) is 1.64. The third-order valence-electron chi connectivity index (χ3n) is 2.62. The van der Waals surface area contributed by atoms with Crippen molar-refractivity contribution in [1.29, 1.82) is 0 Å². The molecule has 8 heteroatoms. The molecule has 1 fully saturated rings. The van der Waals surface area contributed by atoms with E-state index in [0.29, 0.717) is 11.7 Å². The van der Waals surface area contributed by atoms with E-state index in [1.165, 1.54) is 11.3 Å². The standard InChI is InChI=1S/C10H13N3O4S/c1-6-4-18-9(11-6)12-8(16)13-10(7(14)15)2-3-17-5-10/h4H,2-3,5H2,1H3,(H,14,15)(H2,11,12,13,16). The minimum absolute atomic E-state index is 0.0212. The van der Waals surface area contributed by atoms with E-state index >= 15 is 0 Å². The zero-order valence-electron chi connectivity index (χ0n) is 9.73. The van der Waals surface area contributed by atoms with Gasteiger partial charge in [0.05, 0.1) is 12.3 Å². The van der Waals surface area contributed by atoms with Crippen molar-refractivity contribution in [2.24, 2.45) is 0 Å². The number of nitrogens with zero attached hydrogens (tertiary/aromatic N) is 1. The first-order valence-electron chi connectivity index (χ1n) is 5.34. The molecule has 2 amide bonds. The summed E-state index contributed by atoms with van der Waals surface area (Å²) in [5, 5.41) is 16.3. The molecule has 1 aliphatic heterocycles. The SMILES string of the molecule is Cc1csc(NC(=O)NC2(C(=O)O)CCOC2)n1. The molecule has 1 unspecified atom stereocenters. The molecule has 1 aliphatic rings. The number of nitrogens with one attached hydrogen (secondary N) is 2. The minimum Gasteiger partial charge on any atom is -0.479 e. The Balaban J connectivity index is 1.99. The number of hydrogen-bond donors (Lipinski definition) is 3. The van der Waals surface area contributed by atoms with E-state index in [1.807, 2.05) is 6.92 Å². The van der Waals surface area contributed by atoms with E-state index in [9.17, 15) is 9.59 Å². The lowest BCUT2D eigenvalue weighted by Crippen LogP contribution is -2.56. The first kappa shape index (κ1) is 12.8. The molecule has 98 valence electrons. The predicted molar refractivity (Wildman–Crippen MR) is 64.8 cm³/mol. The third kappa shape index (κ3) is 2.59. The lowest BCUT2D eigenvalue weighted by atomic mass is 9.99. The number of amides is 2. The van der Waals surface area contributed by atoms with Crippen molar-refractivity contribution < 1.29 is 19.4 Å². The molecule has 1 aromatic rings. The topological polar surface area (TPSA) is 101 Å². The largest absolute Gasteiger partial charge is 0.479 e. The number of aryl methyl sites for hydroxylation is 1. The van der Waals surface area contributed by atoms with Gasteiger partial charge in [0.1, 0.15) is 0 Å². The molecule has 2 heterocycles. The number of carboxylic acid groups (broad SMARTS) is 1. The number of ether oxygens (including phenoxy) is 1. The van der Waals surface area contributed by atoms with Gasteiger partial charge in [-0.3, -0.25) is 5.32 Å². The van der Waals surface area contributed by atoms with Crippen LogP contribution in [-0.2, 0) is 9.53 Å². The number of carbonyl (C=O) groups is 2. The van der Waals surface area contributed by atoms with Crippen molar-refractivity contribution in [3.8, 4) is 0 Å². The van der Waals surface area contributed by atoms with E-state index in [0.717, 1.165) is 5.69 Å². The third-order valence-corrected chi connectivity index (χ3v) is 3.50. The molecule has 0 aromatic carbocycles. The number of urea groups is 1. The number of carbonyl (C=O) groups excluding carboxylic acids is 1. The first-order valence-corrected chi connectivity index (χ1v) is 6.22. The number of thiazole rings is 1. The number of aliphatic carboxylic acids is 1. The zero-order chi connectivity index (χ0) is 13.2. The van der Waals surface area contributed by atoms with Crippen molar-refractivity contribution in [1.82, 2.24) is 10.3 Å². The van der Waals surface area contributed by atoms with Gasteiger partial charge in [0, 0.05) is 18.4 Å². The predicted octanol–water partition coefficient (Wildman–Crippen LogP) is 0.817. The summed E-state index contributed by atoms with van der Waals surface area (Å²) in [4.78, 5) is 27.0. The van der Waals surface area contributed by atoms with Crippen LogP contribution in [0.25, 0.3) is 0 Å². The first-order chi connectivity index (χ1) is 8.52. The summed E-state index contributed by atoms with van der Waals surface area (Å²) < 4.78 is 5.04. The van der Waals surface area contributed by atoms with Crippen LogP contribution < -0.4 is 10.6 Å². The number of carboxylic acids is 1. The Labute approximate surface area is 107 Å². The monoisotopic (exact) mass is 271 g/mol. The summed E-state index contributed by atoms with van der Waals surface area (Å²) >= 11 is 1.28. The highest BCUT2D eigenvalue weighted by molar-refractivity contribution is 7.13. The minimum atomic E-state index is -1.34. The zero-order valence-corrected chi connectivity index (χ0v) is 10.5. The van der Waals surface area contributed by atoms with Gasteiger partial charge in [0.25, 0.3) is 0 Å². The molecular weight excluding hydrogens is 258 g/mol. The van der Waals surface area contributed by atoms with Gasteiger partial charge in [0.2, 0.25) is 0 Å². The van der Waals surface area contributed by atoms with Gasteiger partial charge < -0.3 is 15.2 Å². The molecule has 0 bridgehead atoms. The van der Waals surface area contributed by atoms with Gasteiger partial charge in [-0.25, -0.2) is 14.6 Å². The summed E-state index contributed by atoms with van der Waals surface area (Å²) in [7, 11) is 0. The van der Waals surface area contributed by atoms with Gasteiger partial charge in [-0.1, -0.05) is 0 Å². The Morgan fingerprint density at radius 2 is 2.39 bits per heavy atom. The molecule has 1 saturated heterocycles. The lowest BCUT2D eigenvalue weighted by Gasteiger charge is -2.23. The van der Waals surface area contributed by atoms with Gasteiger partial charge in [0.15, 0.2) is 10.7 Å². The van der Waals surface area contributed by atoms with Crippen molar-refractivity contribution >= 4 is 28.5 Å². The van der Waals surface area contributed by atoms with Crippen LogP contribution in [-0.4, -0.2) is 40.8 Å². The van der Waals surface area contributed by atoms with Gasteiger partial charge in [-0.05, 0) is 6.92 Å². The number of rotatable bonds is 3. The quantitative estimate of drug-likeness (QED) is 0.755. The molecule has 0 spiro atoms. The van der Waals surface area contributed by atoms with Gasteiger partial charge in [-0.2, -0.15) is 0 Å². The number of anilines is 1. The molecule has 2 rings (SSSR count). The highest BCUT2D eigenvalue weighted by atomic mass is 32.1. The van der Waals surface area contributed by atoms with E-state index in [-0.39, 0.29) is 13.0 Å². The maximum Gasteiger partial charge on any atom is 0.332 e. The molecule has 1 aromatic heterocycles. The second-order valence-electron chi connectivity index (χ2n) is 4.06. The van der Waals surface area contributed by atoms with Crippen molar-refractivity contribution in [3.63, 3.8) is 0 Å². The van der Waals surface area contributed by atoms with Gasteiger partial charge in [-0.15, -0.1) is 11.3 Å². The summed E-state index contributed by atoms with van der Waals surface area (Å²) in [5.41, 5.74) is -0.538. The van der Waals surface area contributed by atoms with Crippen molar-refractivity contribution in [2.75, 3.05) is 18.5 Å². The Kier molecular flexibility index (Phi) is 3.48. The lowest BCUT2D eigenvalue weighted by molar-refractivity contribution is -0.144. The normalized spacial score (nSPS) is 22.7. The highest BCUT2D eigenvalue weighted by Gasteiger charge is 2.44. The smallest absolute Gasteiger partial charge is 0.332 e. The van der Waals surface area contributed by atoms with Crippen LogP contribution in [0.3, 0.4) is 0 Å². The fraction of sp³-hybridized carbons (Fsp3) is 0.500. The summed E-state index contributed by atoms with van der Waals surface area (Å²) in [5.74, 6) is -1.09. The highest BCUT2D eigenvalue weighted by Crippen LogP contribution is 2.20. The molecule has 0 saturated carbocycles. The molecule has 7 nitrogen and oxygen atoms in total. The molecule has 0 aliphatic carbocycles. The average Bonchev–Trinajstić information content (AvgIpc) is 2.89. The second kappa shape index (κ2) is 4.91. The summed E-state index contributed by atoms with van der Waals surface area (Å²) in [6.45, 7) is 2.11. The number of hydrogen-bond acceptors (Lipinski definition) is 5. The maximum atomic E-state index is 11.7. The van der Waals surface area contributed by atoms with E-state index < -0.39 is 17.5 Å². The number of aromatic nitrogens is 1. The molecular formula is C10H13N3O4S. The molecule has 1 atom stereocenters. The second-order valence-corrected chi connectivity index (χ2v) is 4.92. The Hall–Kier alpha value is -1.67. The van der Waals surface area contributed by atoms with Crippen LogP contribution in [0.2, 0.25) is 0 Å².